The highest BCUT2D eigenvalue weighted by atomic mass is 32.2. The van der Waals surface area contributed by atoms with Crippen LogP contribution in [0.3, 0.4) is 0 Å². The fraction of sp³-hybridized carbons (Fsp3) is 0.429. The summed E-state index contributed by atoms with van der Waals surface area (Å²) in [6, 6.07) is 18.3. The smallest absolute Gasteiger partial charge is 0.121 e. The van der Waals surface area contributed by atoms with Crippen LogP contribution in [0, 0.1) is 16.7 Å². The molecule has 170 valence electrons. The molecule has 0 spiro atoms. The van der Waals surface area contributed by atoms with Crippen LogP contribution >= 0.6 is 11.8 Å². The van der Waals surface area contributed by atoms with Crippen molar-refractivity contribution in [3.05, 3.63) is 83.8 Å². The largest absolute Gasteiger partial charge is 0.497 e. The zero-order chi connectivity index (χ0) is 23.0. The molecule has 0 aromatic heterocycles. The van der Waals surface area contributed by atoms with Crippen LogP contribution in [0.5, 0.6) is 5.75 Å². The van der Waals surface area contributed by atoms with E-state index < -0.39 is 11.0 Å². The van der Waals surface area contributed by atoms with E-state index in [1.165, 1.54) is 4.90 Å². The van der Waals surface area contributed by atoms with Crippen molar-refractivity contribution in [2.75, 3.05) is 7.11 Å². The van der Waals surface area contributed by atoms with Crippen LogP contribution in [0.15, 0.2) is 83.1 Å². The summed E-state index contributed by atoms with van der Waals surface area (Å²) in [6.07, 6.45) is 3.92. The quantitative estimate of drug-likeness (QED) is 0.362. The van der Waals surface area contributed by atoms with Crippen molar-refractivity contribution in [1.29, 1.82) is 0 Å². The minimum absolute atomic E-state index is 0.112. The molecule has 4 atom stereocenters. The third-order valence-electron chi connectivity index (χ3n) is 7.92. The summed E-state index contributed by atoms with van der Waals surface area (Å²) in [6.45, 7) is 11.2. The molecule has 0 aliphatic heterocycles. The lowest BCUT2D eigenvalue weighted by Gasteiger charge is -2.48. The molecule has 2 aliphatic carbocycles. The van der Waals surface area contributed by atoms with Crippen molar-refractivity contribution < 1.29 is 14.6 Å². The molecule has 0 heterocycles. The molecule has 3 nitrogen and oxygen atoms in total. The third kappa shape index (κ3) is 3.53. The second-order valence-corrected chi connectivity index (χ2v) is 10.7. The van der Waals surface area contributed by atoms with E-state index in [0.29, 0.717) is 6.61 Å². The number of thioether (sulfide) groups is 1. The summed E-state index contributed by atoms with van der Waals surface area (Å²) in [4.78, 5) is 1.19. The maximum absolute atomic E-state index is 12.3. The summed E-state index contributed by atoms with van der Waals surface area (Å²) in [5.74, 6) is 1.09. The van der Waals surface area contributed by atoms with Crippen LogP contribution < -0.4 is 4.74 Å². The summed E-state index contributed by atoms with van der Waals surface area (Å²) in [7, 11) is 1.67. The highest BCUT2D eigenvalue weighted by Gasteiger charge is 2.75. The maximum atomic E-state index is 12.3. The first-order chi connectivity index (χ1) is 15.3. The van der Waals surface area contributed by atoms with Crippen LogP contribution in [-0.4, -0.2) is 23.9 Å². The van der Waals surface area contributed by atoms with Crippen molar-refractivity contribution in [2.24, 2.45) is 16.7 Å². The van der Waals surface area contributed by atoms with E-state index in [4.69, 9.17) is 9.47 Å². The highest BCUT2D eigenvalue weighted by molar-refractivity contribution is 8.02. The zero-order valence-corrected chi connectivity index (χ0v) is 20.3. The fourth-order valence-electron chi connectivity index (χ4n) is 6.07. The Balaban J connectivity index is 1.61. The Bertz CT molecular complexity index is 981. The molecule has 4 heteroatoms. The van der Waals surface area contributed by atoms with Gasteiger partial charge in [0.15, 0.2) is 0 Å². The lowest BCUT2D eigenvalue weighted by Crippen LogP contribution is -2.55. The van der Waals surface area contributed by atoms with Crippen molar-refractivity contribution in [1.82, 2.24) is 0 Å². The molecule has 2 bridgehead atoms. The molecule has 2 unspecified atom stereocenters. The first-order valence-corrected chi connectivity index (χ1v) is 12.2. The van der Waals surface area contributed by atoms with Gasteiger partial charge in [0.2, 0.25) is 0 Å². The van der Waals surface area contributed by atoms with Crippen molar-refractivity contribution in [3.8, 4) is 5.75 Å². The summed E-state index contributed by atoms with van der Waals surface area (Å²) in [5.41, 5.74) is 0.211. The van der Waals surface area contributed by atoms with Crippen molar-refractivity contribution in [3.63, 3.8) is 0 Å². The Labute approximate surface area is 196 Å². The molecule has 0 radical (unpaired) electrons. The second kappa shape index (κ2) is 8.74. The number of methoxy groups -OCH3 is 1. The monoisotopic (exact) mass is 450 g/mol. The normalized spacial score (nSPS) is 30.7. The molecule has 2 aromatic rings. The minimum atomic E-state index is -1.11. The Morgan fingerprint density at radius 2 is 1.84 bits per heavy atom. The topological polar surface area (TPSA) is 38.7 Å². The number of benzene rings is 2. The predicted molar refractivity (Wildman–Crippen MR) is 132 cm³/mol. The van der Waals surface area contributed by atoms with Gasteiger partial charge in [-0.1, -0.05) is 68.6 Å². The Kier molecular flexibility index (Phi) is 6.32. The van der Waals surface area contributed by atoms with Crippen LogP contribution in [-0.2, 0) is 11.3 Å². The third-order valence-corrected chi connectivity index (χ3v) is 8.74. The fourth-order valence-corrected chi connectivity index (χ4v) is 6.85. The van der Waals surface area contributed by atoms with Crippen molar-refractivity contribution in [2.45, 2.75) is 56.8 Å². The molecule has 2 aliphatic rings. The minimum Gasteiger partial charge on any atom is -0.497 e. The van der Waals surface area contributed by atoms with Gasteiger partial charge in [-0.15, -0.1) is 0 Å². The number of rotatable bonds is 8. The van der Waals surface area contributed by atoms with Gasteiger partial charge in [0, 0.05) is 10.3 Å². The lowest BCUT2D eigenvalue weighted by molar-refractivity contribution is -0.139. The average molecular weight is 451 g/mol. The molecule has 4 rings (SSSR count). The molecular weight excluding hydrogens is 416 g/mol. The van der Waals surface area contributed by atoms with E-state index in [-0.39, 0.29) is 17.4 Å². The van der Waals surface area contributed by atoms with E-state index in [1.807, 2.05) is 49.4 Å². The van der Waals surface area contributed by atoms with Gasteiger partial charge in [-0.2, -0.15) is 0 Å². The van der Waals surface area contributed by atoms with Crippen molar-refractivity contribution >= 4 is 11.8 Å². The lowest BCUT2D eigenvalue weighted by atomic mass is 9.61. The molecule has 32 heavy (non-hydrogen) atoms. The molecule has 2 fully saturated rings. The summed E-state index contributed by atoms with van der Waals surface area (Å²) < 4.78 is 11.8. The number of aliphatic hydroxyl groups is 1. The molecule has 1 N–H and O–H groups in total. The van der Waals surface area contributed by atoms with Crippen LogP contribution in [0.25, 0.3) is 0 Å². The number of ether oxygens (including phenoxy) is 2. The van der Waals surface area contributed by atoms with Gasteiger partial charge in [0.1, 0.15) is 11.4 Å². The Morgan fingerprint density at radius 1 is 1.16 bits per heavy atom. The van der Waals surface area contributed by atoms with E-state index in [2.05, 4.69) is 44.0 Å². The van der Waals surface area contributed by atoms with Gasteiger partial charge in [0.25, 0.3) is 0 Å². The van der Waals surface area contributed by atoms with Gasteiger partial charge >= 0.3 is 0 Å². The van der Waals surface area contributed by atoms with Crippen LogP contribution in [0.1, 0.15) is 39.2 Å². The van der Waals surface area contributed by atoms with Gasteiger partial charge < -0.3 is 14.6 Å². The SMILES string of the molecule is C=C(C)[C@@]1(O)[C@H](OCc2ccc(OC)cc2)C2CCC1(/C=C\Sc1ccccc1)C2(C)C. The zero-order valence-electron chi connectivity index (χ0n) is 19.5. The number of hydrogen-bond acceptors (Lipinski definition) is 4. The molecule has 0 saturated heterocycles. The second-order valence-electron chi connectivity index (χ2n) is 9.70. The van der Waals surface area contributed by atoms with E-state index in [0.717, 1.165) is 29.7 Å². The van der Waals surface area contributed by atoms with Gasteiger partial charge in [-0.05, 0) is 71.9 Å². The molecule has 0 amide bonds. The summed E-state index contributed by atoms with van der Waals surface area (Å²) in [5, 5.41) is 14.4. The van der Waals surface area contributed by atoms with Gasteiger partial charge in [0.05, 0.1) is 19.8 Å². The van der Waals surface area contributed by atoms with Crippen LogP contribution in [0.2, 0.25) is 0 Å². The maximum Gasteiger partial charge on any atom is 0.121 e. The molecule has 2 aromatic carbocycles. The Morgan fingerprint density at radius 3 is 2.47 bits per heavy atom. The van der Waals surface area contributed by atoms with E-state index in [9.17, 15) is 5.11 Å². The van der Waals surface area contributed by atoms with Gasteiger partial charge in [-0.25, -0.2) is 0 Å². The molecule has 2 saturated carbocycles. The van der Waals surface area contributed by atoms with Gasteiger partial charge in [-0.3, -0.25) is 0 Å². The predicted octanol–water partition coefficient (Wildman–Crippen LogP) is 6.63. The summed E-state index contributed by atoms with van der Waals surface area (Å²) >= 11 is 1.69. The average Bonchev–Trinajstić information content (AvgIpc) is 3.12. The first-order valence-electron chi connectivity index (χ1n) is 11.3. The number of fused-ring (bicyclic) bond motifs is 2. The molecular formula is C28H34O3S. The van der Waals surface area contributed by atoms with E-state index >= 15 is 0 Å². The number of hydrogen-bond donors (Lipinski definition) is 1. The highest BCUT2D eigenvalue weighted by Crippen LogP contribution is 2.72. The standard InChI is InChI=1S/C28H34O3S/c1-20(2)28(29)25(31-19-21-11-13-22(30-5)14-12-21)24-15-16-27(28,26(24,3)4)17-18-32-23-9-7-6-8-10-23/h6-14,17-18,24-25,29H,1,15-16,19H2,2-5H3/b18-17-/t24?,25-,27?,28-/m1/s1. The van der Waals surface area contributed by atoms with E-state index in [1.54, 1.807) is 18.9 Å². The van der Waals surface area contributed by atoms with Crippen LogP contribution in [0.4, 0.5) is 0 Å². The Hall–Kier alpha value is -2.01. The first kappa shape index (κ1) is 23.2.